The lowest BCUT2D eigenvalue weighted by Gasteiger charge is -2.24. The molecular formula is C24H25ClN6. The summed E-state index contributed by atoms with van der Waals surface area (Å²) in [6.07, 6.45) is 6.14. The number of nitrogen functional groups attached to an aromatic ring is 1. The van der Waals surface area contributed by atoms with Crippen molar-refractivity contribution in [1.82, 2.24) is 14.6 Å². The molecule has 0 aliphatic heterocycles. The maximum absolute atomic E-state index is 6.47. The van der Waals surface area contributed by atoms with E-state index < -0.39 is 0 Å². The molecule has 5 rings (SSSR count). The predicted molar refractivity (Wildman–Crippen MR) is 127 cm³/mol. The van der Waals surface area contributed by atoms with Crippen LogP contribution in [0.1, 0.15) is 37.3 Å². The summed E-state index contributed by atoms with van der Waals surface area (Å²) in [5.74, 6) is 0.810. The number of hydrogen-bond acceptors (Lipinski definition) is 5. The van der Waals surface area contributed by atoms with E-state index >= 15 is 0 Å². The van der Waals surface area contributed by atoms with Crippen LogP contribution in [-0.4, -0.2) is 20.6 Å². The monoisotopic (exact) mass is 432 g/mol. The summed E-state index contributed by atoms with van der Waals surface area (Å²) in [7, 11) is 0. The molecule has 1 aliphatic rings. The van der Waals surface area contributed by atoms with Crippen LogP contribution >= 0.6 is 11.6 Å². The number of halogens is 1. The van der Waals surface area contributed by atoms with Crippen LogP contribution in [0.3, 0.4) is 0 Å². The van der Waals surface area contributed by atoms with E-state index in [1.165, 1.54) is 0 Å². The topological polar surface area (TPSA) is 94.3 Å². The van der Waals surface area contributed by atoms with Crippen molar-refractivity contribution in [3.8, 4) is 11.1 Å². The summed E-state index contributed by atoms with van der Waals surface area (Å²) in [6.45, 7) is 0. The molecule has 0 atom stereocenters. The number of hydrogen-bond donors (Lipinski definition) is 3. The van der Waals surface area contributed by atoms with Gasteiger partial charge in [-0.1, -0.05) is 41.9 Å². The van der Waals surface area contributed by atoms with Gasteiger partial charge in [-0.25, -0.2) is 9.50 Å². The van der Waals surface area contributed by atoms with E-state index in [0.29, 0.717) is 22.8 Å². The molecule has 31 heavy (non-hydrogen) atoms. The number of nitrogens with zero attached hydrogens (tertiary/aromatic N) is 3. The zero-order valence-electron chi connectivity index (χ0n) is 17.1. The number of nitrogens with two attached hydrogens (primary N) is 2. The number of para-hydroxylation sites is 1. The normalized spacial score (nSPS) is 18.9. The Hall–Kier alpha value is -3.09. The number of anilines is 3. The zero-order valence-corrected chi connectivity index (χ0v) is 17.9. The Morgan fingerprint density at radius 2 is 1.77 bits per heavy atom. The molecule has 2 aromatic heterocycles. The van der Waals surface area contributed by atoms with Gasteiger partial charge in [0.15, 0.2) is 11.5 Å². The van der Waals surface area contributed by atoms with Gasteiger partial charge in [-0.05, 0) is 55.5 Å². The first kappa shape index (κ1) is 19.8. The lowest BCUT2D eigenvalue weighted by atomic mass is 9.85. The molecule has 0 radical (unpaired) electrons. The van der Waals surface area contributed by atoms with Gasteiger partial charge in [0, 0.05) is 22.7 Å². The van der Waals surface area contributed by atoms with E-state index in [9.17, 15) is 0 Å². The van der Waals surface area contributed by atoms with E-state index in [4.69, 9.17) is 28.1 Å². The molecule has 158 valence electrons. The van der Waals surface area contributed by atoms with Gasteiger partial charge in [-0.2, -0.15) is 0 Å². The summed E-state index contributed by atoms with van der Waals surface area (Å²) >= 11 is 6.28. The van der Waals surface area contributed by atoms with Gasteiger partial charge in [-0.3, -0.25) is 0 Å². The molecule has 4 aromatic rings. The lowest BCUT2D eigenvalue weighted by Crippen LogP contribution is -2.25. The number of fused-ring (bicyclic) bond motifs is 1. The van der Waals surface area contributed by atoms with Crippen molar-refractivity contribution in [2.45, 2.75) is 37.6 Å². The summed E-state index contributed by atoms with van der Waals surface area (Å²) in [6, 6.07) is 17.9. The molecule has 2 aromatic carbocycles. The van der Waals surface area contributed by atoms with Crippen molar-refractivity contribution in [1.29, 1.82) is 0 Å². The SMILES string of the molecule is Nc1nn2cc([C@H]3CC[C@H](N)CC3)nc2c(Nc2ccccc2)c1-c1cccc(Cl)c1. The lowest BCUT2D eigenvalue weighted by molar-refractivity contribution is 0.391. The molecule has 0 unspecified atom stereocenters. The van der Waals surface area contributed by atoms with Crippen LogP contribution in [0, 0.1) is 0 Å². The predicted octanol–water partition coefficient (Wildman–Crippen LogP) is 5.36. The largest absolute Gasteiger partial charge is 0.382 e. The molecule has 1 fully saturated rings. The standard InChI is InChI=1S/C24H25ClN6/c25-17-6-4-5-16(13-17)21-22(28-19-7-2-1-3-8-19)24-29-20(14-31(24)30-23(21)27)15-9-11-18(26)12-10-15/h1-8,13-15,18,28H,9-12,26H2,(H2,27,30)/t15-,18-. The average molecular weight is 433 g/mol. The van der Waals surface area contributed by atoms with Crippen LogP contribution in [0.15, 0.2) is 60.8 Å². The molecule has 7 heteroatoms. The summed E-state index contributed by atoms with van der Waals surface area (Å²) < 4.78 is 1.79. The highest BCUT2D eigenvalue weighted by atomic mass is 35.5. The van der Waals surface area contributed by atoms with Crippen molar-refractivity contribution < 1.29 is 0 Å². The highest BCUT2D eigenvalue weighted by molar-refractivity contribution is 6.30. The van der Waals surface area contributed by atoms with Gasteiger partial charge in [0.25, 0.3) is 0 Å². The molecule has 2 heterocycles. The highest BCUT2D eigenvalue weighted by Crippen LogP contribution is 2.39. The third-order valence-electron chi connectivity index (χ3n) is 6.00. The van der Waals surface area contributed by atoms with Gasteiger partial charge in [0.05, 0.1) is 23.1 Å². The minimum Gasteiger partial charge on any atom is -0.382 e. The maximum Gasteiger partial charge on any atom is 0.178 e. The number of aromatic nitrogens is 3. The van der Waals surface area contributed by atoms with Crippen LogP contribution in [0.5, 0.6) is 0 Å². The molecule has 0 spiro atoms. The minimum absolute atomic E-state index is 0.298. The van der Waals surface area contributed by atoms with E-state index in [-0.39, 0.29) is 0 Å². The summed E-state index contributed by atoms with van der Waals surface area (Å²) in [4.78, 5) is 5.02. The quantitative estimate of drug-likeness (QED) is 0.403. The number of imidazole rings is 1. The maximum atomic E-state index is 6.47. The first-order valence-electron chi connectivity index (χ1n) is 10.6. The fraction of sp³-hybridized carbons (Fsp3) is 0.250. The minimum atomic E-state index is 0.298. The van der Waals surface area contributed by atoms with Crippen LogP contribution in [0.25, 0.3) is 16.8 Å². The highest BCUT2D eigenvalue weighted by Gasteiger charge is 2.25. The number of nitrogens with one attached hydrogen (secondary N) is 1. The van der Waals surface area contributed by atoms with Crippen LogP contribution < -0.4 is 16.8 Å². The first-order valence-corrected chi connectivity index (χ1v) is 11.0. The summed E-state index contributed by atoms with van der Waals surface area (Å²) in [5.41, 5.74) is 17.8. The molecule has 0 bridgehead atoms. The number of benzene rings is 2. The van der Waals surface area contributed by atoms with Gasteiger partial charge < -0.3 is 16.8 Å². The number of rotatable bonds is 4. The Morgan fingerprint density at radius 1 is 1.00 bits per heavy atom. The second-order valence-corrected chi connectivity index (χ2v) is 8.62. The van der Waals surface area contributed by atoms with Crippen molar-refractivity contribution >= 4 is 34.4 Å². The first-order chi connectivity index (χ1) is 15.1. The Morgan fingerprint density at radius 3 is 2.52 bits per heavy atom. The van der Waals surface area contributed by atoms with Crippen molar-refractivity contribution in [2.24, 2.45) is 5.73 Å². The van der Waals surface area contributed by atoms with Crippen LogP contribution in [0.2, 0.25) is 5.02 Å². The Labute approximate surface area is 186 Å². The van der Waals surface area contributed by atoms with Gasteiger partial charge in [0.1, 0.15) is 0 Å². The third-order valence-corrected chi connectivity index (χ3v) is 6.23. The Kier molecular flexibility index (Phi) is 5.26. The second-order valence-electron chi connectivity index (χ2n) is 8.18. The van der Waals surface area contributed by atoms with Crippen molar-refractivity contribution in [3.05, 3.63) is 71.5 Å². The average Bonchev–Trinajstić information content (AvgIpc) is 3.19. The van der Waals surface area contributed by atoms with Gasteiger partial charge in [0.2, 0.25) is 0 Å². The van der Waals surface area contributed by atoms with E-state index in [0.717, 1.165) is 59.5 Å². The van der Waals surface area contributed by atoms with Gasteiger partial charge >= 0.3 is 0 Å². The smallest absolute Gasteiger partial charge is 0.178 e. The van der Waals surface area contributed by atoms with E-state index in [1.807, 2.05) is 60.8 Å². The van der Waals surface area contributed by atoms with Crippen molar-refractivity contribution in [3.63, 3.8) is 0 Å². The molecule has 1 saturated carbocycles. The third kappa shape index (κ3) is 3.96. The van der Waals surface area contributed by atoms with Gasteiger partial charge in [-0.15, -0.1) is 5.10 Å². The molecule has 1 aliphatic carbocycles. The fourth-order valence-corrected chi connectivity index (χ4v) is 4.56. The molecular weight excluding hydrogens is 408 g/mol. The molecule has 5 N–H and O–H groups in total. The molecule has 6 nitrogen and oxygen atoms in total. The molecule has 0 saturated heterocycles. The van der Waals surface area contributed by atoms with E-state index in [1.54, 1.807) is 4.52 Å². The van der Waals surface area contributed by atoms with Crippen molar-refractivity contribution in [2.75, 3.05) is 11.1 Å². The van der Waals surface area contributed by atoms with Crippen LogP contribution in [-0.2, 0) is 0 Å². The van der Waals surface area contributed by atoms with Crippen LogP contribution in [0.4, 0.5) is 17.2 Å². The zero-order chi connectivity index (χ0) is 21.4. The fourth-order valence-electron chi connectivity index (χ4n) is 4.37. The van der Waals surface area contributed by atoms with E-state index in [2.05, 4.69) is 10.4 Å². The summed E-state index contributed by atoms with van der Waals surface area (Å²) in [5, 5.41) is 8.81. The Balaban J connectivity index is 1.67. The Bertz CT molecular complexity index is 1210. The second kappa shape index (κ2) is 8.21. The molecule has 0 amide bonds.